The van der Waals surface area contributed by atoms with Crippen LogP contribution in [0.15, 0.2) is 48.9 Å². The van der Waals surface area contributed by atoms with Crippen LogP contribution in [0.2, 0.25) is 0 Å². The van der Waals surface area contributed by atoms with Gasteiger partial charge in [0.15, 0.2) is 0 Å². The standard InChI is InChI=1S/C24H28N6O7/c25-22(34)17(10-15-4-2-1-3-5-15)29-24(36)19-11-16(28-23(35)18-12-26-7-8-27-18)6-9-30(19)20(31)13-37-14-21(32)33/h1-5,7-8,12,16-17,19H,6,9-11,13-14H2,(H2,25,34)(H,28,35)(H,29,36)(H,32,33)/p-1/t16-,17+,19-/m0/s1. The van der Waals surface area contributed by atoms with Gasteiger partial charge in [-0.3, -0.25) is 24.2 Å². The van der Waals surface area contributed by atoms with E-state index in [9.17, 15) is 29.1 Å². The van der Waals surface area contributed by atoms with Gasteiger partial charge in [0.25, 0.3) is 5.91 Å². The quantitative estimate of drug-likeness (QED) is 0.293. The largest absolute Gasteiger partial charge is 0.548 e. The topological polar surface area (TPSA) is 197 Å². The van der Waals surface area contributed by atoms with Gasteiger partial charge >= 0.3 is 0 Å². The molecule has 1 aliphatic rings. The molecule has 3 rings (SSSR count). The number of hydrogen-bond acceptors (Lipinski definition) is 9. The maximum absolute atomic E-state index is 13.3. The Labute approximate surface area is 212 Å². The molecule has 1 aliphatic heterocycles. The number of carbonyl (C=O) groups is 5. The minimum atomic E-state index is -1.49. The lowest BCUT2D eigenvalue weighted by molar-refractivity contribution is -0.309. The van der Waals surface area contributed by atoms with Gasteiger partial charge in [0, 0.05) is 31.4 Å². The number of nitrogens with zero attached hydrogens (tertiary/aromatic N) is 3. The van der Waals surface area contributed by atoms with Crippen molar-refractivity contribution in [1.29, 1.82) is 0 Å². The number of aliphatic carboxylic acids is 1. The van der Waals surface area contributed by atoms with Crippen LogP contribution < -0.4 is 21.5 Å². The maximum atomic E-state index is 13.3. The lowest BCUT2D eigenvalue weighted by atomic mass is 9.95. The number of benzene rings is 1. The molecule has 4 amide bonds. The second kappa shape index (κ2) is 13.1. The summed E-state index contributed by atoms with van der Waals surface area (Å²) in [6, 6.07) is 6.32. The van der Waals surface area contributed by atoms with Gasteiger partial charge in [0.1, 0.15) is 24.4 Å². The molecular formula is C24H27N6O7-. The van der Waals surface area contributed by atoms with E-state index >= 15 is 0 Å². The number of nitrogens with two attached hydrogens (primary N) is 1. The summed E-state index contributed by atoms with van der Waals surface area (Å²) in [5, 5.41) is 16.0. The van der Waals surface area contributed by atoms with E-state index in [1.165, 1.54) is 23.5 Å². The molecule has 1 saturated heterocycles. The third-order valence-electron chi connectivity index (χ3n) is 5.74. The highest BCUT2D eigenvalue weighted by atomic mass is 16.5. The van der Waals surface area contributed by atoms with E-state index in [4.69, 9.17) is 10.5 Å². The van der Waals surface area contributed by atoms with Crippen molar-refractivity contribution in [2.24, 2.45) is 5.73 Å². The molecule has 13 nitrogen and oxygen atoms in total. The molecule has 13 heteroatoms. The number of nitrogens with one attached hydrogen (secondary N) is 2. The summed E-state index contributed by atoms with van der Waals surface area (Å²) in [5.74, 6) is -4.01. The average Bonchev–Trinajstić information content (AvgIpc) is 2.89. The van der Waals surface area contributed by atoms with Crippen LogP contribution in [0.3, 0.4) is 0 Å². The molecule has 0 spiro atoms. The second-order valence-electron chi connectivity index (χ2n) is 8.41. The first-order valence-electron chi connectivity index (χ1n) is 11.5. The van der Waals surface area contributed by atoms with Gasteiger partial charge in [0.05, 0.1) is 18.8 Å². The lowest BCUT2D eigenvalue weighted by Gasteiger charge is -2.39. The number of primary amides is 1. The van der Waals surface area contributed by atoms with E-state index in [0.717, 1.165) is 5.56 Å². The Morgan fingerprint density at radius 2 is 1.89 bits per heavy atom. The predicted molar refractivity (Wildman–Crippen MR) is 125 cm³/mol. The fraction of sp³-hybridized carbons (Fsp3) is 0.375. The molecule has 1 aromatic heterocycles. The molecule has 0 saturated carbocycles. The van der Waals surface area contributed by atoms with Crippen LogP contribution in [-0.2, 0) is 30.3 Å². The first-order valence-corrected chi connectivity index (χ1v) is 11.5. The molecule has 0 unspecified atom stereocenters. The van der Waals surface area contributed by atoms with Crippen LogP contribution in [0.1, 0.15) is 28.9 Å². The molecule has 2 aromatic rings. The monoisotopic (exact) mass is 511 g/mol. The number of hydrogen-bond donors (Lipinski definition) is 3. The second-order valence-corrected chi connectivity index (χ2v) is 8.41. The molecule has 2 heterocycles. The van der Waals surface area contributed by atoms with Crippen molar-refractivity contribution in [3.8, 4) is 0 Å². The number of carboxylic acids is 1. The van der Waals surface area contributed by atoms with Gasteiger partial charge in [-0.15, -0.1) is 0 Å². The smallest absolute Gasteiger partial charge is 0.271 e. The van der Waals surface area contributed by atoms with E-state index in [-0.39, 0.29) is 25.1 Å². The minimum Gasteiger partial charge on any atom is -0.548 e. The Morgan fingerprint density at radius 1 is 1.14 bits per heavy atom. The van der Waals surface area contributed by atoms with Crippen molar-refractivity contribution in [2.45, 2.75) is 37.4 Å². The zero-order chi connectivity index (χ0) is 26.8. The molecule has 37 heavy (non-hydrogen) atoms. The molecule has 0 aliphatic carbocycles. The molecule has 1 aromatic carbocycles. The van der Waals surface area contributed by atoms with E-state index in [1.807, 2.05) is 6.07 Å². The summed E-state index contributed by atoms with van der Waals surface area (Å²) in [6.45, 7) is -1.30. The first kappa shape index (κ1) is 27.2. The van der Waals surface area contributed by atoms with E-state index in [1.54, 1.807) is 24.3 Å². The average molecular weight is 512 g/mol. The number of ether oxygens (including phenoxy) is 1. The molecule has 1 fully saturated rings. The summed E-state index contributed by atoms with van der Waals surface area (Å²) in [7, 11) is 0. The van der Waals surface area contributed by atoms with Crippen LogP contribution in [0.5, 0.6) is 0 Å². The molecule has 3 atom stereocenters. The number of piperidine rings is 1. The van der Waals surface area contributed by atoms with Crippen LogP contribution in [-0.4, -0.2) is 82.3 Å². The molecule has 0 radical (unpaired) electrons. The van der Waals surface area contributed by atoms with Crippen molar-refractivity contribution in [1.82, 2.24) is 25.5 Å². The van der Waals surface area contributed by atoms with Crippen molar-refractivity contribution in [2.75, 3.05) is 19.8 Å². The fourth-order valence-corrected chi connectivity index (χ4v) is 3.96. The van der Waals surface area contributed by atoms with Gasteiger partial charge in [-0.1, -0.05) is 30.3 Å². The Hall–Kier alpha value is -4.39. The maximum Gasteiger partial charge on any atom is 0.271 e. The molecule has 196 valence electrons. The number of carboxylic acid groups (broad SMARTS) is 1. The molecule has 0 bridgehead atoms. The number of carbonyl (C=O) groups excluding carboxylic acids is 5. The normalized spacial score (nSPS) is 17.9. The highest BCUT2D eigenvalue weighted by Gasteiger charge is 2.38. The van der Waals surface area contributed by atoms with Gasteiger partial charge in [-0.05, 0) is 18.4 Å². The highest BCUT2D eigenvalue weighted by molar-refractivity contribution is 5.93. The summed E-state index contributed by atoms with van der Waals surface area (Å²) in [5.41, 5.74) is 6.39. The summed E-state index contributed by atoms with van der Waals surface area (Å²) in [4.78, 5) is 70.3. The van der Waals surface area contributed by atoms with E-state index in [0.29, 0.717) is 6.42 Å². The summed E-state index contributed by atoms with van der Waals surface area (Å²) in [6.07, 6.45) is 4.58. The summed E-state index contributed by atoms with van der Waals surface area (Å²) < 4.78 is 4.84. The zero-order valence-corrected chi connectivity index (χ0v) is 19.9. The molecule has 4 N–H and O–H groups in total. The van der Waals surface area contributed by atoms with Crippen LogP contribution in [0, 0.1) is 0 Å². The number of rotatable bonds is 11. The van der Waals surface area contributed by atoms with E-state index in [2.05, 4.69) is 20.6 Å². The third kappa shape index (κ3) is 8.07. The van der Waals surface area contributed by atoms with Gasteiger partial charge in [-0.25, -0.2) is 4.98 Å². The van der Waals surface area contributed by atoms with Crippen molar-refractivity contribution in [3.05, 3.63) is 60.2 Å². The molecular weight excluding hydrogens is 484 g/mol. The number of likely N-dealkylation sites (tertiary alicyclic amines) is 1. The minimum absolute atomic E-state index is 0.0287. The SMILES string of the molecule is NC(=O)[C@@H](Cc1ccccc1)NC(=O)[C@@H]1C[C@@H](NC(=O)c2cnccn2)CCN1C(=O)COCC(=O)[O-]. The van der Waals surface area contributed by atoms with Gasteiger partial charge < -0.3 is 35.9 Å². The van der Waals surface area contributed by atoms with Crippen molar-refractivity contribution < 1.29 is 33.8 Å². The Kier molecular flexibility index (Phi) is 9.61. The van der Waals surface area contributed by atoms with Crippen molar-refractivity contribution >= 4 is 29.6 Å². The Bertz CT molecular complexity index is 1120. The number of amides is 4. The van der Waals surface area contributed by atoms with Gasteiger partial charge in [0.2, 0.25) is 17.7 Å². The Morgan fingerprint density at radius 3 is 2.54 bits per heavy atom. The first-order chi connectivity index (χ1) is 17.7. The fourth-order valence-electron chi connectivity index (χ4n) is 3.96. The Balaban J connectivity index is 1.73. The van der Waals surface area contributed by atoms with E-state index < -0.39 is 60.9 Å². The van der Waals surface area contributed by atoms with Gasteiger partial charge in [-0.2, -0.15) is 0 Å². The summed E-state index contributed by atoms with van der Waals surface area (Å²) >= 11 is 0. The third-order valence-corrected chi connectivity index (χ3v) is 5.74. The lowest BCUT2D eigenvalue weighted by Crippen LogP contribution is -2.60. The van der Waals surface area contributed by atoms with Crippen LogP contribution in [0.25, 0.3) is 0 Å². The van der Waals surface area contributed by atoms with Crippen LogP contribution >= 0.6 is 0 Å². The number of aromatic nitrogens is 2. The highest BCUT2D eigenvalue weighted by Crippen LogP contribution is 2.19. The van der Waals surface area contributed by atoms with Crippen LogP contribution in [0.4, 0.5) is 0 Å². The van der Waals surface area contributed by atoms with Crippen molar-refractivity contribution in [3.63, 3.8) is 0 Å². The predicted octanol–water partition coefficient (Wildman–Crippen LogP) is -2.45. The zero-order valence-electron chi connectivity index (χ0n) is 19.9.